The van der Waals surface area contributed by atoms with Crippen LogP contribution in [0.5, 0.6) is 23.0 Å². The molecule has 1 atom stereocenters. The third-order valence-corrected chi connectivity index (χ3v) is 6.77. The summed E-state index contributed by atoms with van der Waals surface area (Å²) in [5.74, 6) is 0.955. The molecule has 0 aromatic heterocycles. The van der Waals surface area contributed by atoms with Crippen LogP contribution in [0.15, 0.2) is 66.2 Å². The fourth-order valence-corrected chi connectivity index (χ4v) is 4.75. The van der Waals surface area contributed by atoms with Crippen molar-refractivity contribution in [3.8, 4) is 23.0 Å². The van der Waals surface area contributed by atoms with E-state index in [9.17, 15) is 14.7 Å². The number of amides is 1. The van der Waals surface area contributed by atoms with E-state index in [4.69, 9.17) is 18.9 Å². The van der Waals surface area contributed by atoms with E-state index < -0.39 is 17.7 Å². The number of carbonyl (C=O) groups excluding carboxylic acids is 2. The van der Waals surface area contributed by atoms with Crippen LogP contribution in [0.25, 0.3) is 5.76 Å². The summed E-state index contributed by atoms with van der Waals surface area (Å²) in [4.78, 5) is 28.4. The van der Waals surface area contributed by atoms with Crippen molar-refractivity contribution in [3.05, 3.63) is 88.5 Å². The highest BCUT2D eigenvalue weighted by Gasteiger charge is 2.46. The molecule has 1 N–H and O–H groups in total. The maximum absolute atomic E-state index is 13.5. The second-order valence-corrected chi connectivity index (χ2v) is 10.1. The van der Waals surface area contributed by atoms with E-state index in [1.54, 1.807) is 62.8 Å². The van der Waals surface area contributed by atoms with E-state index in [0.29, 0.717) is 46.6 Å². The molecule has 1 fully saturated rings. The summed E-state index contributed by atoms with van der Waals surface area (Å²) >= 11 is 0. The van der Waals surface area contributed by atoms with Gasteiger partial charge in [-0.3, -0.25) is 9.59 Å². The van der Waals surface area contributed by atoms with Gasteiger partial charge in [0, 0.05) is 12.1 Å². The van der Waals surface area contributed by atoms with E-state index in [2.05, 4.69) is 13.8 Å². The van der Waals surface area contributed by atoms with Gasteiger partial charge < -0.3 is 29.0 Å². The van der Waals surface area contributed by atoms with Crippen molar-refractivity contribution in [2.24, 2.45) is 5.92 Å². The van der Waals surface area contributed by atoms with Crippen LogP contribution in [0.3, 0.4) is 0 Å². The minimum absolute atomic E-state index is 0.00831. The van der Waals surface area contributed by atoms with Crippen molar-refractivity contribution < 1.29 is 33.6 Å². The Hall–Kier alpha value is -4.46. The van der Waals surface area contributed by atoms with Crippen molar-refractivity contribution in [3.63, 3.8) is 0 Å². The molecule has 1 amide bonds. The van der Waals surface area contributed by atoms with Crippen LogP contribution < -0.4 is 18.9 Å². The molecule has 210 valence electrons. The van der Waals surface area contributed by atoms with E-state index >= 15 is 0 Å². The normalized spacial score (nSPS) is 16.4. The van der Waals surface area contributed by atoms with Crippen LogP contribution >= 0.6 is 0 Å². The van der Waals surface area contributed by atoms with E-state index in [1.807, 2.05) is 19.1 Å². The molecule has 1 heterocycles. The van der Waals surface area contributed by atoms with E-state index in [-0.39, 0.29) is 17.9 Å². The molecule has 1 aliphatic heterocycles. The van der Waals surface area contributed by atoms with Gasteiger partial charge >= 0.3 is 0 Å². The van der Waals surface area contributed by atoms with Crippen LogP contribution in [-0.4, -0.2) is 49.6 Å². The molecular weight excluding hydrogens is 510 g/mol. The lowest BCUT2D eigenvalue weighted by Gasteiger charge is -2.26. The third kappa shape index (κ3) is 5.76. The van der Waals surface area contributed by atoms with Gasteiger partial charge in [-0.15, -0.1) is 0 Å². The molecule has 0 saturated carbocycles. The predicted octanol–water partition coefficient (Wildman–Crippen LogP) is 5.68. The zero-order chi connectivity index (χ0) is 29.0. The molecule has 1 saturated heterocycles. The van der Waals surface area contributed by atoms with Crippen molar-refractivity contribution in [2.75, 3.05) is 27.9 Å². The number of likely N-dealkylation sites (tertiary alicyclic amines) is 1. The second kappa shape index (κ2) is 12.2. The highest BCUT2D eigenvalue weighted by atomic mass is 16.5. The first-order valence-corrected chi connectivity index (χ1v) is 13.1. The van der Waals surface area contributed by atoms with Gasteiger partial charge in [0.1, 0.15) is 17.3 Å². The second-order valence-electron chi connectivity index (χ2n) is 10.1. The van der Waals surface area contributed by atoms with Gasteiger partial charge in [0.15, 0.2) is 11.5 Å². The standard InChI is InChI=1S/C32H35NO7/c1-19(2)18-40-25-13-11-23(14-20(25)3)30(34)28-29(22-8-7-9-24(16-22)37-4)33(32(36)31(28)35)17-21-10-12-26(38-5)27(15-21)39-6/h7-16,19,29,34H,17-18H2,1-6H3/b30-28-. The molecule has 4 rings (SSSR count). The lowest BCUT2D eigenvalue weighted by molar-refractivity contribution is -0.140. The number of methoxy groups -OCH3 is 3. The average Bonchev–Trinajstić information content (AvgIpc) is 3.20. The summed E-state index contributed by atoms with van der Waals surface area (Å²) in [5.41, 5.74) is 2.60. The predicted molar refractivity (Wildman–Crippen MR) is 152 cm³/mol. The molecule has 0 spiro atoms. The summed E-state index contributed by atoms with van der Waals surface area (Å²) in [6.07, 6.45) is 0. The SMILES string of the molecule is COc1cccc(C2/C(=C(/O)c3ccc(OCC(C)C)c(C)c3)C(=O)C(=O)N2Cc2ccc(OC)c(OC)c2)c1. The van der Waals surface area contributed by atoms with Gasteiger partial charge in [0.25, 0.3) is 11.7 Å². The number of ketones is 1. The Kier molecular flexibility index (Phi) is 8.67. The molecule has 8 heteroatoms. The third-order valence-electron chi connectivity index (χ3n) is 6.77. The van der Waals surface area contributed by atoms with Crippen molar-refractivity contribution in [2.45, 2.75) is 33.4 Å². The number of aliphatic hydroxyl groups is 1. The number of ether oxygens (including phenoxy) is 4. The molecule has 3 aromatic rings. The topological polar surface area (TPSA) is 94.5 Å². The largest absolute Gasteiger partial charge is 0.507 e. The molecule has 0 bridgehead atoms. The Morgan fingerprint density at radius 1 is 0.900 bits per heavy atom. The zero-order valence-corrected chi connectivity index (χ0v) is 23.7. The molecule has 0 aliphatic carbocycles. The maximum atomic E-state index is 13.5. The van der Waals surface area contributed by atoms with Gasteiger partial charge in [0.05, 0.1) is 39.6 Å². The summed E-state index contributed by atoms with van der Waals surface area (Å²) in [5, 5.41) is 11.5. The Morgan fingerprint density at radius 2 is 1.62 bits per heavy atom. The molecule has 3 aromatic carbocycles. The van der Waals surface area contributed by atoms with Crippen LogP contribution in [0.1, 0.15) is 42.1 Å². The quantitative estimate of drug-likeness (QED) is 0.199. The lowest BCUT2D eigenvalue weighted by atomic mass is 9.94. The number of Topliss-reactive ketones (excluding diaryl/α,β-unsaturated/α-hetero) is 1. The monoisotopic (exact) mass is 545 g/mol. The van der Waals surface area contributed by atoms with Crippen LogP contribution in [0.4, 0.5) is 0 Å². The number of nitrogens with zero attached hydrogens (tertiary/aromatic N) is 1. The van der Waals surface area contributed by atoms with Crippen LogP contribution in [-0.2, 0) is 16.1 Å². The minimum Gasteiger partial charge on any atom is -0.507 e. The Morgan fingerprint density at radius 3 is 2.27 bits per heavy atom. The fraction of sp³-hybridized carbons (Fsp3) is 0.312. The zero-order valence-electron chi connectivity index (χ0n) is 23.7. The van der Waals surface area contributed by atoms with Crippen LogP contribution in [0, 0.1) is 12.8 Å². The molecule has 0 radical (unpaired) electrons. The fourth-order valence-electron chi connectivity index (χ4n) is 4.75. The van der Waals surface area contributed by atoms with Gasteiger partial charge in [0.2, 0.25) is 0 Å². The van der Waals surface area contributed by atoms with Gasteiger partial charge in [-0.25, -0.2) is 0 Å². The lowest BCUT2D eigenvalue weighted by Crippen LogP contribution is -2.29. The maximum Gasteiger partial charge on any atom is 0.295 e. The van der Waals surface area contributed by atoms with E-state index in [1.165, 1.54) is 12.0 Å². The summed E-state index contributed by atoms with van der Waals surface area (Å²) in [6.45, 7) is 6.67. The number of aliphatic hydroxyl groups excluding tert-OH is 1. The molecule has 1 aliphatic rings. The average molecular weight is 546 g/mol. The highest BCUT2D eigenvalue weighted by Crippen LogP contribution is 2.42. The first-order chi connectivity index (χ1) is 19.2. The van der Waals surface area contributed by atoms with E-state index in [0.717, 1.165) is 11.1 Å². The van der Waals surface area contributed by atoms with Crippen molar-refractivity contribution in [1.29, 1.82) is 0 Å². The first-order valence-electron chi connectivity index (χ1n) is 13.1. The van der Waals surface area contributed by atoms with Crippen molar-refractivity contribution >= 4 is 17.4 Å². The van der Waals surface area contributed by atoms with Crippen molar-refractivity contribution in [1.82, 2.24) is 4.90 Å². The van der Waals surface area contributed by atoms with Crippen LogP contribution in [0.2, 0.25) is 0 Å². The Balaban J connectivity index is 1.81. The molecule has 40 heavy (non-hydrogen) atoms. The summed E-state index contributed by atoms with van der Waals surface area (Å²) in [7, 11) is 4.63. The number of carbonyl (C=O) groups is 2. The molecular formula is C32H35NO7. The molecule has 8 nitrogen and oxygen atoms in total. The number of benzene rings is 3. The van der Waals surface area contributed by atoms with Gasteiger partial charge in [-0.05, 0) is 72.0 Å². The Bertz CT molecular complexity index is 1440. The number of hydrogen-bond donors (Lipinski definition) is 1. The minimum atomic E-state index is -0.847. The summed E-state index contributed by atoms with van der Waals surface area (Å²) in [6, 6.07) is 16.8. The van der Waals surface area contributed by atoms with Gasteiger partial charge in [-0.2, -0.15) is 0 Å². The number of aryl methyl sites for hydroxylation is 1. The molecule has 1 unspecified atom stereocenters. The summed E-state index contributed by atoms with van der Waals surface area (Å²) < 4.78 is 22.0. The van der Waals surface area contributed by atoms with Gasteiger partial charge in [-0.1, -0.05) is 32.0 Å². The highest BCUT2D eigenvalue weighted by molar-refractivity contribution is 6.46. The smallest absolute Gasteiger partial charge is 0.295 e. The Labute approximate surface area is 234 Å². The number of hydrogen-bond acceptors (Lipinski definition) is 7. The number of rotatable bonds is 10. The first kappa shape index (κ1) is 28.5.